The Morgan fingerprint density at radius 3 is 2.56 bits per heavy atom. The van der Waals surface area contributed by atoms with Gasteiger partial charge in [0.25, 0.3) is 5.91 Å². The Kier molecular flexibility index (Phi) is 5.43. The van der Waals surface area contributed by atoms with Crippen LogP contribution in [-0.4, -0.2) is 11.8 Å². The lowest BCUT2D eigenvalue weighted by Crippen LogP contribution is -2.27. The first-order valence-corrected chi connectivity index (χ1v) is 10.3. The molecule has 1 heterocycles. The second-order valence-corrected chi connectivity index (χ2v) is 9.62. The van der Waals surface area contributed by atoms with E-state index in [-0.39, 0.29) is 17.2 Å². The van der Waals surface area contributed by atoms with E-state index in [9.17, 15) is 9.59 Å². The lowest BCUT2D eigenvalue weighted by Gasteiger charge is -2.33. The fraction of sp³-hybridized carbons (Fsp3) is 0.455. The highest BCUT2D eigenvalue weighted by Gasteiger charge is 2.33. The summed E-state index contributed by atoms with van der Waals surface area (Å²) in [6.07, 6.45) is 2.91. The van der Waals surface area contributed by atoms with Crippen LogP contribution in [0, 0.1) is 18.3 Å². The van der Waals surface area contributed by atoms with Crippen LogP contribution in [0.2, 0.25) is 0 Å². The highest BCUT2D eigenvalue weighted by molar-refractivity contribution is 7.17. The van der Waals surface area contributed by atoms with Gasteiger partial charge in [-0.2, -0.15) is 0 Å². The Bertz CT molecular complexity index is 877. The molecule has 3 rings (SSSR count). The van der Waals surface area contributed by atoms with Crippen molar-refractivity contribution < 1.29 is 9.59 Å². The van der Waals surface area contributed by atoms with E-state index in [1.54, 1.807) is 11.3 Å². The fourth-order valence-electron chi connectivity index (χ4n) is 3.73. The number of anilines is 2. The summed E-state index contributed by atoms with van der Waals surface area (Å²) in [6, 6.07) is 7.76. The minimum Gasteiger partial charge on any atom is -0.322 e. The maximum atomic E-state index is 13.1. The third-order valence-corrected chi connectivity index (χ3v) is 6.45. The summed E-state index contributed by atoms with van der Waals surface area (Å²) < 4.78 is 0. The van der Waals surface area contributed by atoms with Crippen LogP contribution in [0.5, 0.6) is 0 Å². The van der Waals surface area contributed by atoms with Gasteiger partial charge in [-0.25, -0.2) is 0 Å². The van der Waals surface area contributed by atoms with Crippen LogP contribution in [0.25, 0.3) is 0 Å². The van der Waals surface area contributed by atoms with Gasteiger partial charge in [0.15, 0.2) is 0 Å². The van der Waals surface area contributed by atoms with E-state index in [2.05, 4.69) is 31.4 Å². The van der Waals surface area contributed by atoms with E-state index >= 15 is 0 Å². The van der Waals surface area contributed by atoms with Crippen molar-refractivity contribution in [3.63, 3.8) is 0 Å². The largest absolute Gasteiger partial charge is 0.322 e. The molecule has 1 aliphatic carbocycles. The summed E-state index contributed by atoms with van der Waals surface area (Å²) >= 11 is 1.56. The molecule has 1 aliphatic rings. The Morgan fingerprint density at radius 2 is 1.93 bits per heavy atom. The summed E-state index contributed by atoms with van der Waals surface area (Å²) in [5.74, 6) is 0.295. The number of fused-ring (bicyclic) bond motifs is 1. The summed E-state index contributed by atoms with van der Waals surface area (Å²) in [6.45, 7) is 10.3. The van der Waals surface area contributed by atoms with Gasteiger partial charge < -0.3 is 10.6 Å². The molecule has 1 aromatic carbocycles. The first-order chi connectivity index (χ1) is 12.6. The second-order valence-electron chi connectivity index (χ2n) is 8.52. The normalized spacial score (nSPS) is 16.6. The number of nitrogens with one attached hydrogen (secondary N) is 2. The van der Waals surface area contributed by atoms with Gasteiger partial charge in [0.2, 0.25) is 5.91 Å². The summed E-state index contributed by atoms with van der Waals surface area (Å²) in [5, 5.41) is 6.56. The summed E-state index contributed by atoms with van der Waals surface area (Å²) in [7, 11) is 0. The van der Waals surface area contributed by atoms with Crippen LogP contribution in [-0.2, 0) is 17.6 Å². The first-order valence-electron chi connectivity index (χ1n) is 9.45. The number of aryl methyl sites for hydroxylation is 1. The van der Waals surface area contributed by atoms with Crippen LogP contribution in [0.3, 0.4) is 0 Å². The third-order valence-electron chi connectivity index (χ3n) is 5.28. The molecular formula is C22H28N2O2S. The number of carbonyl (C=O) groups is 2. The molecule has 1 aromatic heterocycles. The van der Waals surface area contributed by atoms with Gasteiger partial charge in [-0.3, -0.25) is 9.59 Å². The lowest BCUT2D eigenvalue weighted by atomic mass is 9.72. The first kappa shape index (κ1) is 19.6. The Hall–Kier alpha value is -2.14. The smallest absolute Gasteiger partial charge is 0.258 e. The van der Waals surface area contributed by atoms with Crippen LogP contribution < -0.4 is 10.6 Å². The van der Waals surface area contributed by atoms with Gasteiger partial charge in [-0.05, 0) is 60.8 Å². The predicted molar refractivity (Wildman–Crippen MR) is 113 cm³/mol. The topological polar surface area (TPSA) is 58.2 Å². The molecule has 0 fully saturated rings. The van der Waals surface area contributed by atoms with Crippen LogP contribution in [0.1, 0.15) is 60.5 Å². The Labute approximate surface area is 165 Å². The van der Waals surface area contributed by atoms with E-state index in [1.165, 1.54) is 11.8 Å². The van der Waals surface area contributed by atoms with E-state index in [0.717, 1.165) is 36.1 Å². The van der Waals surface area contributed by atoms with Gasteiger partial charge in [0.1, 0.15) is 5.00 Å². The minimum absolute atomic E-state index is 0.143. The SMILES string of the molecule is CC(=O)Nc1sc2c(c1C(=O)Nc1cccc(C)c1)CCC(C(C)(C)C)C2. The van der Waals surface area contributed by atoms with Crippen molar-refractivity contribution in [2.24, 2.45) is 11.3 Å². The molecule has 1 unspecified atom stereocenters. The zero-order chi connectivity index (χ0) is 19.8. The molecule has 0 aliphatic heterocycles. The van der Waals surface area contributed by atoms with Crippen molar-refractivity contribution in [2.75, 3.05) is 10.6 Å². The highest BCUT2D eigenvalue weighted by Crippen LogP contribution is 2.44. The molecular weight excluding hydrogens is 356 g/mol. The van der Waals surface area contributed by atoms with Gasteiger partial charge in [0, 0.05) is 17.5 Å². The number of hydrogen-bond acceptors (Lipinski definition) is 3. The molecule has 5 heteroatoms. The number of thiophene rings is 1. The van der Waals surface area contributed by atoms with Crippen LogP contribution >= 0.6 is 11.3 Å². The molecule has 2 aromatic rings. The zero-order valence-corrected chi connectivity index (χ0v) is 17.5. The molecule has 0 bridgehead atoms. The molecule has 0 saturated heterocycles. The molecule has 1 atom stereocenters. The average Bonchev–Trinajstić information content (AvgIpc) is 2.90. The fourth-order valence-corrected chi connectivity index (χ4v) is 5.10. The van der Waals surface area contributed by atoms with Crippen molar-refractivity contribution in [1.29, 1.82) is 0 Å². The second kappa shape index (κ2) is 7.47. The molecule has 0 spiro atoms. The standard InChI is InChI=1S/C22H28N2O2S/c1-13-7-6-8-16(11-13)24-20(26)19-17-10-9-15(22(3,4)5)12-18(17)27-21(19)23-14(2)25/h6-8,11,15H,9-10,12H2,1-5H3,(H,23,25)(H,24,26). The monoisotopic (exact) mass is 384 g/mol. The lowest BCUT2D eigenvalue weighted by molar-refractivity contribution is -0.114. The van der Waals surface area contributed by atoms with Crippen molar-refractivity contribution in [3.8, 4) is 0 Å². The van der Waals surface area contributed by atoms with Crippen molar-refractivity contribution >= 4 is 33.8 Å². The van der Waals surface area contributed by atoms with E-state index in [0.29, 0.717) is 16.5 Å². The molecule has 144 valence electrons. The van der Waals surface area contributed by atoms with Crippen LogP contribution in [0.15, 0.2) is 24.3 Å². The third kappa shape index (κ3) is 4.41. The summed E-state index contributed by atoms with van der Waals surface area (Å²) in [4.78, 5) is 26.0. The maximum Gasteiger partial charge on any atom is 0.258 e. The van der Waals surface area contributed by atoms with Crippen molar-refractivity contribution in [3.05, 3.63) is 45.8 Å². The van der Waals surface area contributed by atoms with Gasteiger partial charge in [0.05, 0.1) is 5.56 Å². The zero-order valence-electron chi connectivity index (χ0n) is 16.7. The highest BCUT2D eigenvalue weighted by atomic mass is 32.1. The number of carbonyl (C=O) groups excluding carboxylic acids is 2. The van der Waals surface area contributed by atoms with E-state index < -0.39 is 0 Å². The van der Waals surface area contributed by atoms with Crippen molar-refractivity contribution in [2.45, 2.75) is 53.9 Å². The average molecular weight is 385 g/mol. The molecule has 2 N–H and O–H groups in total. The van der Waals surface area contributed by atoms with Gasteiger partial charge in [-0.15, -0.1) is 11.3 Å². The molecule has 0 radical (unpaired) electrons. The molecule has 2 amide bonds. The van der Waals surface area contributed by atoms with Gasteiger partial charge in [-0.1, -0.05) is 32.9 Å². The van der Waals surface area contributed by atoms with E-state index in [1.807, 2.05) is 31.2 Å². The van der Waals surface area contributed by atoms with E-state index in [4.69, 9.17) is 0 Å². The van der Waals surface area contributed by atoms with Crippen molar-refractivity contribution in [1.82, 2.24) is 0 Å². The minimum atomic E-state index is -0.148. The molecule has 27 heavy (non-hydrogen) atoms. The number of hydrogen-bond donors (Lipinski definition) is 2. The Balaban J connectivity index is 1.95. The summed E-state index contributed by atoms with van der Waals surface area (Å²) in [5.41, 5.74) is 3.85. The maximum absolute atomic E-state index is 13.1. The van der Waals surface area contributed by atoms with Crippen LogP contribution in [0.4, 0.5) is 10.7 Å². The van der Waals surface area contributed by atoms with Gasteiger partial charge >= 0.3 is 0 Å². The number of benzene rings is 1. The Morgan fingerprint density at radius 1 is 1.19 bits per heavy atom. The quantitative estimate of drug-likeness (QED) is 0.742. The number of rotatable bonds is 3. The predicted octanol–water partition coefficient (Wildman–Crippen LogP) is 5.42. The number of amides is 2. The molecule has 0 saturated carbocycles. The molecule has 4 nitrogen and oxygen atoms in total.